The van der Waals surface area contributed by atoms with Gasteiger partial charge in [0.1, 0.15) is 0 Å². The van der Waals surface area contributed by atoms with Crippen LogP contribution in [0.2, 0.25) is 0 Å². The van der Waals surface area contributed by atoms with Crippen molar-refractivity contribution in [3.8, 4) is 10.7 Å². The number of thiazole rings is 1. The molecule has 96 valence electrons. The third kappa shape index (κ3) is 2.23. The maximum absolute atomic E-state index is 4.55. The average molecular weight is 264 g/mol. The standard InChI is InChI=1S/C11H16N6S/c1-7-6-17(4-3-12-7)11-14-10(15-16-11)9-5-13-8(2)18-9/h5,7,12H,3-4,6H2,1-2H3,(H,14,15,16). The molecule has 0 radical (unpaired) electrons. The molecule has 1 unspecified atom stereocenters. The Balaban J connectivity index is 1.80. The van der Waals surface area contributed by atoms with E-state index in [0.29, 0.717) is 6.04 Å². The Morgan fingerprint density at radius 2 is 2.39 bits per heavy atom. The van der Waals surface area contributed by atoms with E-state index in [1.165, 1.54) is 0 Å². The summed E-state index contributed by atoms with van der Waals surface area (Å²) < 4.78 is 0. The maximum Gasteiger partial charge on any atom is 0.245 e. The lowest BCUT2D eigenvalue weighted by Crippen LogP contribution is -2.49. The molecule has 6 nitrogen and oxygen atoms in total. The van der Waals surface area contributed by atoms with Crippen molar-refractivity contribution in [2.75, 3.05) is 24.5 Å². The van der Waals surface area contributed by atoms with Crippen LogP contribution in [0, 0.1) is 6.92 Å². The van der Waals surface area contributed by atoms with Crippen molar-refractivity contribution in [3.05, 3.63) is 11.2 Å². The van der Waals surface area contributed by atoms with Crippen LogP contribution in [0.3, 0.4) is 0 Å². The van der Waals surface area contributed by atoms with Gasteiger partial charge in [-0.1, -0.05) is 0 Å². The van der Waals surface area contributed by atoms with Crippen LogP contribution >= 0.6 is 11.3 Å². The van der Waals surface area contributed by atoms with Crippen molar-refractivity contribution >= 4 is 17.3 Å². The van der Waals surface area contributed by atoms with Crippen molar-refractivity contribution in [1.82, 2.24) is 25.5 Å². The normalized spacial score (nSPS) is 20.3. The van der Waals surface area contributed by atoms with Gasteiger partial charge in [0.2, 0.25) is 5.95 Å². The Morgan fingerprint density at radius 1 is 1.50 bits per heavy atom. The van der Waals surface area contributed by atoms with E-state index in [1.54, 1.807) is 11.3 Å². The summed E-state index contributed by atoms with van der Waals surface area (Å²) in [6.45, 7) is 7.03. The molecule has 3 rings (SSSR count). The lowest BCUT2D eigenvalue weighted by atomic mass is 10.2. The van der Waals surface area contributed by atoms with Gasteiger partial charge in [0.25, 0.3) is 0 Å². The fourth-order valence-electron chi connectivity index (χ4n) is 2.09. The molecule has 2 aromatic rings. The van der Waals surface area contributed by atoms with Gasteiger partial charge in [0.05, 0.1) is 9.88 Å². The summed E-state index contributed by atoms with van der Waals surface area (Å²) in [6, 6.07) is 0.478. The minimum atomic E-state index is 0.478. The molecule has 2 aromatic heterocycles. The quantitative estimate of drug-likeness (QED) is 0.848. The van der Waals surface area contributed by atoms with E-state index in [-0.39, 0.29) is 0 Å². The zero-order valence-electron chi connectivity index (χ0n) is 10.5. The Morgan fingerprint density at radius 3 is 3.11 bits per heavy atom. The third-order valence-electron chi connectivity index (χ3n) is 2.98. The molecule has 0 saturated carbocycles. The Bertz CT molecular complexity index is 533. The molecule has 3 heterocycles. The second kappa shape index (κ2) is 4.66. The van der Waals surface area contributed by atoms with Crippen LogP contribution in [0.1, 0.15) is 11.9 Å². The number of aryl methyl sites for hydroxylation is 1. The molecule has 2 N–H and O–H groups in total. The van der Waals surface area contributed by atoms with Crippen molar-refractivity contribution < 1.29 is 0 Å². The smallest absolute Gasteiger partial charge is 0.245 e. The monoisotopic (exact) mass is 264 g/mol. The molecule has 1 aliphatic heterocycles. The number of nitrogens with zero attached hydrogens (tertiary/aromatic N) is 4. The van der Waals surface area contributed by atoms with Crippen LogP contribution in [0.5, 0.6) is 0 Å². The minimum absolute atomic E-state index is 0.478. The number of piperazine rings is 1. The van der Waals surface area contributed by atoms with Crippen molar-refractivity contribution in [3.63, 3.8) is 0 Å². The molecule has 18 heavy (non-hydrogen) atoms. The highest BCUT2D eigenvalue weighted by atomic mass is 32.1. The van der Waals surface area contributed by atoms with E-state index < -0.39 is 0 Å². The van der Waals surface area contributed by atoms with Gasteiger partial charge in [0.15, 0.2) is 5.82 Å². The number of hydrogen-bond acceptors (Lipinski definition) is 6. The molecule has 7 heteroatoms. The first-order chi connectivity index (χ1) is 8.72. The van der Waals surface area contributed by atoms with Gasteiger partial charge in [-0.05, 0) is 13.8 Å². The first-order valence-corrected chi connectivity index (χ1v) is 6.87. The summed E-state index contributed by atoms with van der Waals surface area (Å²) in [5.41, 5.74) is 0. The van der Waals surface area contributed by atoms with Crippen LogP contribution in [-0.2, 0) is 0 Å². The van der Waals surface area contributed by atoms with Crippen LogP contribution < -0.4 is 10.2 Å². The predicted octanol–water partition coefficient (Wildman–Crippen LogP) is 1.03. The number of anilines is 1. The number of aromatic amines is 1. The molecule has 0 aliphatic carbocycles. The molecular weight excluding hydrogens is 248 g/mol. The molecule has 0 aromatic carbocycles. The largest absolute Gasteiger partial charge is 0.337 e. The highest BCUT2D eigenvalue weighted by Gasteiger charge is 2.19. The molecular formula is C11H16N6S. The fraction of sp³-hybridized carbons (Fsp3) is 0.545. The number of H-pyrrole nitrogens is 1. The van der Waals surface area contributed by atoms with Crippen molar-refractivity contribution in [1.29, 1.82) is 0 Å². The summed E-state index contributed by atoms with van der Waals surface area (Å²) in [7, 11) is 0. The van der Waals surface area contributed by atoms with E-state index in [2.05, 4.69) is 37.3 Å². The van der Waals surface area contributed by atoms with Crippen LogP contribution in [0.25, 0.3) is 10.7 Å². The van der Waals surface area contributed by atoms with Gasteiger partial charge in [-0.25, -0.2) is 4.98 Å². The van der Waals surface area contributed by atoms with Gasteiger partial charge in [0, 0.05) is 31.9 Å². The Hall–Kier alpha value is -1.47. The van der Waals surface area contributed by atoms with Gasteiger partial charge in [-0.2, -0.15) is 4.98 Å². The van der Waals surface area contributed by atoms with Gasteiger partial charge in [-0.15, -0.1) is 16.4 Å². The van der Waals surface area contributed by atoms with E-state index in [1.807, 2.05) is 13.1 Å². The zero-order valence-corrected chi connectivity index (χ0v) is 11.3. The van der Waals surface area contributed by atoms with E-state index in [9.17, 15) is 0 Å². The first-order valence-electron chi connectivity index (χ1n) is 6.06. The molecule has 1 fully saturated rings. The second-order valence-corrected chi connectivity index (χ2v) is 5.76. The zero-order chi connectivity index (χ0) is 12.5. The molecule has 0 bridgehead atoms. The molecule has 1 aliphatic rings. The summed E-state index contributed by atoms with van der Waals surface area (Å²) in [5, 5.41) is 11.7. The maximum atomic E-state index is 4.55. The lowest BCUT2D eigenvalue weighted by molar-refractivity contribution is 0.480. The first kappa shape index (κ1) is 11.6. The Kier molecular flexibility index (Phi) is 3.00. The van der Waals surface area contributed by atoms with E-state index >= 15 is 0 Å². The van der Waals surface area contributed by atoms with E-state index in [4.69, 9.17) is 0 Å². The lowest BCUT2D eigenvalue weighted by Gasteiger charge is -2.30. The summed E-state index contributed by atoms with van der Waals surface area (Å²) >= 11 is 1.63. The number of nitrogens with one attached hydrogen (secondary N) is 2. The van der Waals surface area contributed by atoms with Crippen LogP contribution in [0.15, 0.2) is 6.20 Å². The van der Waals surface area contributed by atoms with Gasteiger partial charge >= 0.3 is 0 Å². The van der Waals surface area contributed by atoms with Crippen molar-refractivity contribution in [2.45, 2.75) is 19.9 Å². The number of rotatable bonds is 2. The average Bonchev–Trinajstić information content (AvgIpc) is 2.97. The second-order valence-electron chi connectivity index (χ2n) is 4.53. The van der Waals surface area contributed by atoms with Crippen LogP contribution in [-0.4, -0.2) is 45.8 Å². The summed E-state index contributed by atoms with van der Waals surface area (Å²) in [5.74, 6) is 1.59. The van der Waals surface area contributed by atoms with Gasteiger partial charge < -0.3 is 10.2 Å². The predicted molar refractivity (Wildman–Crippen MR) is 71.9 cm³/mol. The number of aromatic nitrogens is 4. The summed E-state index contributed by atoms with van der Waals surface area (Å²) in [4.78, 5) is 12.0. The molecule has 0 spiro atoms. The summed E-state index contributed by atoms with van der Waals surface area (Å²) in [6.07, 6.45) is 1.84. The number of hydrogen-bond donors (Lipinski definition) is 2. The minimum Gasteiger partial charge on any atom is -0.337 e. The molecule has 1 saturated heterocycles. The molecule has 0 amide bonds. The fourth-order valence-corrected chi connectivity index (χ4v) is 2.81. The van der Waals surface area contributed by atoms with Gasteiger partial charge in [-0.3, -0.25) is 5.10 Å². The van der Waals surface area contributed by atoms with Crippen LogP contribution in [0.4, 0.5) is 5.95 Å². The highest BCUT2D eigenvalue weighted by Crippen LogP contribution is 2.23. The van der Waals surface area contributed by atoms with E-state index in [0.717, 1.165) is 41.3 Å². The Labute approximate surface area is 109 Å². The molecule has 1 atom stereocenters. The highest BCUT2D eigenvalue weighted by molar-refractivity contribution is 7.14. The topological polar surface area (TPSA) is 69.7 Å². The van der Waals surface area contributed by atoms with Crippen molar-refractivity contribution in [2.24, 2.45) is 0 Å². The SMILES string of the molecule is Cc1ncc(-c2nc(N3CCNC(C)C3)n[nH]2)s1. The third-order valence-corrected chi connectivity index (χ3v) is 3.90.